The average Bonchev–Trinajstić information content (AvgIpc) is 3.08. The van der Waals surface area contributed by atoms with E-state index < -0.39 is 175 Å². The number of hydrogen-bond acceptors (Lipinski definition) is 0. The lowest BCUT2D eigenvalue weighted by Gasteiger charge is -2.13. The molecule has 0 unspecified atom stereocenters. The second kappa shape index (κ2) is 6.86. The van der Waals surface area contributed by atoms with Crippen LogP contribution in [0.15, 0.2) is 121 Å². The zero-order valence-electron chi connectivity index (χ0n) is 35.0. The quantitative estimate of drug-likeness (QED) is 0.256. The van der Waals surface area contributed by atoms with Crippen LogP contribution in [0.1, 0.15) is 27.4 Å². The molecule has 0 saturated carbocycles. The van der Waals surface area contributed by atoms with E-state index in [2.05, 4.69) is 0 Å². The Hall–Kier alpha value is -3.90. The lowest BCUT2D eigenvalue weighted by atomic mass is 9.91. The number of benzene rings is 6. The molecule has 0 heterocycles. The van der Waals surface area contributed by atoms with Crippen LogP contribution in [0, 0.1) is 0 Å². The van der Waals surface area contributed by atoms with Crippen molar-refractivity contribution in [2.24, 2.45) is 0 Å². The van der Waals surface area contributed by atoms with Crippen LogP contribution in [0.5, 0.6) is 0 Å². The minimum absolute atomic E-state index is 0.460. The fourth-order valence-corrected chi connectivity index (χ4v) is 3.16. The molecule has 6 aromatic carbocycles. The van der Waals surface area contributed by atoms with Crippen LogP contribution in [0.3, 0.4) is 0 Å². The van der Waals surface area contributed by atoms with Gasteiger partial charge in [-0.15, -0.1) is 0 Å². The molecule has 0 fully saturated rings. The van der Waals surface area contributed by atoms with Gasteiger partial charge >= 0.3 is 0 Å². The first kappa shape index (κ1) is 6.30. The molecule has 140 valence electrons. The van der Waals surface area contributed by atoms with Crippen LogP contribution in [0.25, 0.3) is 54.6 Å². The first-order valence-corrected chi connectivity index (χ1v) is 8.75. The van der Waals surface area contributed by atoms with Crippen molar-refractivity contribution in [1.82, 2.24) is 0 Å². The van der Waals surface area contributed by atoms with E-state index in [9.17, 15) is 0 Å². The van der Waals surface area contributed by atoms with Crippen LogP contribution < -0.4 is 0 Å². The molecule has 0 nitrogen and oxygen atoms in total. The van der Waals surface area contributed by atoms with Crippen LogP contribution in [0.2, 0.25) is 0 Å². The molecule has 0 aliphatic rings. The minimum atomic E-state index is -0.930. The van der Waals surface area contributed by atoms with Gasteiger partial charge in [0.2, 0.25) is 0 Å². The Morgan fingerprint density at radius 2 is 0.867 bits per heavy atom. The zero-order valence-corrected chi connectivity index (χ0v) is 15.0. The normalized spacial score (nSPS) is 20.7. The topological polar surface area (TPSA) is 0 Å². The van der Waals surface area contributed by atoms with Crippen molar-refractivity contribution < 1.29 is 27.4 Å². The monoisotopic (exact) mass is 400 g/mol. The molecule has 0 amide bonds. The fraction of sp³-hybridized carbons (Fsp3) is 0. The third kappa shape index (κ3) is 2.77. The van der Waals surface area contributed by atoms with E-state index >= 15 is 0 Å². The molecule has 6 aromatic rings. The van der Waals surface area contributed by atoms with Gasteiger partial charge in [-0.3, -0.25) is 0 Å². The molecule has 6 rings (SSSR count). The summed E-state index contributed by atoms with van der Waals surface area (Å²) < 4.78 is 171. The molecule has 0 aliphatic carbocycles. The lowest BCUT2D eigenvalue weighted by molar-refractivity contribution is 1.63. The van der Waals surface area contributed by atoms with Gasteiger partial charge in [-0.05, 0) is 66.7 Å². The standard InChI is InChI=1S/C30H20/c1-2-8-24-19-25(18-15-21(24)7-1)22-13-16-23(17-14-22)30-28-11-5-3-9-26(28)20-27-10-4-6-12-29(27)30/h1-20H/i1D,2D,3D,4D,5D,6D,7D,8D,9D,10D,11D,12D,13D,14D,15D,16D,17D,18D,19D,20D. The highest BCUT2D eigenvalue weighted by Gasteiger charge is 2.10. The summed E-state index contributed by atoms with van der Waals surface area (Å²) >= 11 is 0. The lowest BCUT2D eigenvalue weighted by Crippen LogP contribution is -1.86. The number of hydrogen-bond donors (Lipinski definition) is 0. The smallest absolute Gasteiger partial charge is 0.0616 e. The van der Waals surface area contributed by atoms with Crippen molar-refractivity contribution in [2.45, 2.75) is 0 Å². The van der Waals surface area contributed by atoms with Crippen LogP contribution in [-0.4, -0.2) is 0 Å². The molecule has 0 radical (unpaired) electrons. The maximum atomic E-state index is 9.09. The van der Waals surface area contributed by atoms with Crippen LogP contribution >= 0.6 is 0 Å². The highest BCUT2D eigenvalue weighted by molar-refractivity contribution is 6.12. The molecule has 30 heavy (non-hydrogen) atoms. The number of fused-ring (bicyclic) bond motifs is 3. The maximum Gasteiger partial charge on any atom is 0.0636 e. The van der Waals surface area contributed by atoms with Gasteiger partial charge in [0.1, 0.15) is 0 Å². The third-order valence-electron chi connectivity index (χ3n) is 4.50. The second-order valence-electron chi connectivity index (χ2n) is 6.25. The molecule has 0 spiro atoms. The predicted molar refractivity (Wildman–Crippen MR) is 130 cm³/mol. The predicted octanol–water partition coefficient (Wildman–Crippen LogP) is 8.48. The van der Waals surface area contributed by atoms with E-state index in [1.54, 1.807) is 0 Å². The Morgan fingerprint density at radius 1 is 0.367 bits per heavy atom. The van der Waals surface area contributed by atoms with Gasteiger partial charge in [-0.1, -0.05) is 109 Å². The number of rotatable bonds is 2. The Balaban J connectivity index is 1.89. The van der Waals surface area contributed by atoms with Crippen LogP contribution in [-0.2, 0) is 0 Å². The molecule has 0 saturated heterocycles. The van der Waals surface area contributed by atoms with Crippen molar-refractivity contribution in [2.75, 3.05) is 0 Å². The first-order chi connectivity index (χ1) is 23.2. The summed E-state index contributed by atoms with van der Waals surface area (Å²) in [6, 6.07) is -15.9. The van der Waals surface area contributed by atoms with Crippen LogP contribution in [0.4, 0.5) is 0 Å². The summed E-state index contributed by atoms with van der Waals surface area (Å²) in [5, 5.41) is -2.99. The Bertz CT molecular complexity index is 2480. The van der Waals surface area contributed by atoms with Crippen molar-refractivity contribution in [1.29, 1.82) is 0 Å². The molecule has 0 atom stereocenters. The van der Waals surface area contributed by atoms with Crippen molar-refractivity contribution in [3.63, 3.8) is 0 Å². The molecule has 0 aliphatic heterocycles. The van der Waals surface area contributed by atoms with Crippen molar-refractivity contribution in [3.8, 4) is 22.3 Å². The maximum absolute atomic E-state index is 9.09. The molecule has 0 heteroatoms. The summed E-state index contributed by atoms with van der Waals surface area (Å²) in [5.74, 6) is 0. The largest absolute Gasteiger partial charge is 0.0636 e. The Kier molecular flexibility index (Phi) is 1.44. The summed E-state index contributed by atoms with van der Waals surface area (Å²) in [6.07, 6.45) is 0. The Morgan fingerprint density at radius 3 is 1.53 bits per heavy atom. The SMILES string of the molecule is [2H]c1c([2H])c(-c2c3c([2H])c([2H])c([2H])c([2H])c3c([2H])c3c([2H])c([2H])c([2H])c([2H])c23)c([2H])c([2H])c1-c1c([2H])c([2H])c2c([2H])c([2H])c([2H])c([2H])c2c1[2H]. The van der Waals surface area contributed by atoms with Crippen molar-refractivity contribution in [3.05, 3.63) is 121 Å². The van der Waals surface area contributed by atoms with E-state index in [1.807, 2.05) is 0 Å². The van der Waals surface area contributed by atoms with Gasteiger partial charge in [0.15, 0.2) is 0 Å². The van der Waals surface area contributed by atoms with E-state index in [0.29, 0.717) is 0 Å². The van der Waals surface area contributed by atoms with Gasteiger partial charge in [-0.25, -0.2) is 0 Å². The summed E-state index contributed by atoms with van der Waals surface area (Å²) in [7, 11) is 0. The zero-order chi connectivity index (χ0) is 37.3. The molecule has 0 aromatic heterocycles. The van der Waals surface area contributed by atoms with E-state index in [4.69, 9.17) is 27.4 Å². The molecular formula is C30H20. The molecular weight excluding hydrogens is 360 g/mol. The fourth-order valence-electron chi connectivity index (χ4n) is 3.16. The summed E-state index contributed by atoms with van der Waals surface area (Å²) in [4.78, 5) is 0. The minimum Gasteiger partial charge on any atom is -0.0616 e. The summed E-state index contributed by atoms with van der Waals surface area (Å²) in [6.45, 7) is 0. The van der Waals surface area contributed by atoms with E-state index in [1.165, 1.54) is 0 Å². The Labute approximate surface area is 204 Å². The van der Waals surface area contributed by atoms with E-state index in [0.717, 1.165) is 0 Å². The average molecular weight is 401 g/mol. The molecule has 0 bridgehead atoms. The van der Waals surface area contributed by atoms with Gasteiger partial charge in [-0.2, -0.15) is 0 Å². The highest BCUT2D eigenvalue weighted by Crippen LogP contribution is 2.37. The van der Waals surface area contributed by atoms with E-state index in [-0.39, 0.29) is 0 Å². The molecule has 0 N–H and O–H groups in total. The van der Waals surface area contributed by atoms with Gasteiger partial charge in [0.05, 0.1) is 27.4 Å². The van der Waals surface area contributed by atoms with Gasteiger partial charge in [0.25, 0.3) is 0 Å². The highest BCUT2D eigenvalue weighted by atomic mass is 14.1. The summed E-state index contributed by atoms with van der Waals surface area (Å²) in [5.41, 5.74) is -2.58. The second-order valence-corrected chi connectivity index (χ2v) is 6.25. The first-order valence-electron chi connectivity index (χ1n) is 18.8. The third-order valence-corrected chi connectivity index (χ3v) is 4.50. The van der Waals surface area contributed by atoms with Gasteiger partial charge < -0.3 is 0 Å². The van der Waals surface area contributed by atoms with Crippen molar-refractivity contribution >= 4 is 32.3 Å². The van der Waals surface area contributed by atoms with Gasteiger partial charge in [0, 0.05) is 0 Å².